The Balaban J connectivity index is 2.43. The number of hydrogen-bond acceptors (Lipinski definition) is 2. The molecule has 90 valence electrons. The molecule has 2 aromatic carbocycles. The van der Waals surface area contributed by atoms with Gasteiger partial charge in [-0.1, -0.05) is 44.2 Å². The van der Waals surface area contributed by atoms with Crippen molar-refractivity contribution in [2.75, 3.05) is 7.11 Å². The van der Waals surface area contributed by atoms with Crippen LogP contribution in [0.4, 0.5) is 0 Å². The highest BCUT2D eigenvalue weighted by molar-refractivity contribution is 5.91. The Bertz CT molecular complexity index is 505. The van der Waals surface area contributed by atoms with E-state index in [-0.39, 0.29) is 0 Å². The summed E-state index contributed by atoms with van der Waals surface area (Å²) in [6, 6.07) is 13.0. The largest absolute Gasteiger partial charge is 0.496 e. The molecule has 0 amide bonds. The Hall–Kier alpha value is -1.54. The molecule has 0 spiro atoms. The quantitative estimate of drug-likeness (QED) is 0.868. The number of rotatable bonds is 4. The van der Waals surface area contributed by atoms with Crippen molar-refractivity contribution < 1.29 is 4.74 Å². The van der Waals surface area contributed by atoms with E-state index in [1.54, 1.807) is 7.11 Å². The van der Waals surface area contributed by atoms with E-state index in [2.05, 4.69) is 43.4 Å². The van der Waals surface area contributed by atoms with Crippen LogP contribution in [-0.2, 0) is 6.54 Å². The summed E-state index contributed by atoms with van der Waals surface area (Å²) in [5.41, 5.74) is 1.31. The number of benzene rings is 2. The predicted octanol–water partition coefficient (Wildman–Crippen LogP) is 3.35. The van der Waals surface area contributed by atoms with Crippen molar-refractivity contribution in [3.05, 3.63) is 42.0 Å². The normalized spacial score (nSPS) is 11.1. The molecule has 0 saturated carbocycles. The van der Waals surface area contributed by atoms with Crippen LogP contribution in [0.2, 0.25) is 0 Å². The minimum absolute atomic E-state index is 0.496. The van der Waals surface area contributed by atoms with E-state index in [9.17, 15) is 0 Å². The molecule has 1 N–H and O–H groups in total. The van der Waals surface area contributed by atoms with Crippen LogP contribution in [-0.4, -0.2) is 13.2 Å². The van der Waals surface area contributed by atoms with Gasteiger partial charge in [-0.25, -0.2) is 0 Å². The topological polar surface area (TPSA) is 21.3 Å². The highest BCUT2D eigenvalue weighted by Gasteiger charge is 2.05. The first-order valence-electron chi connectivity index (χ1n) is 6.00. The zero-order chi connectivity index (χ0) is 12.3. The van der Waals surface area contributed by atoms with Crippen LogP contribution in [0.5, 0.6) is 5.75 Å². The smallest absolute Gasteiger partial charge is 0.126 e. The van der Waals surface area contributed by atoms with Crippen molar-refractivity contribution in [3.63, 3.8) is 0 Å². The van der Waals surface area contributed by atoms with Gasteiger partial charge in [0.05, 0.1) is 7.11 Å². The summed E-state index contributed by atoms with van der Waals surface area (Å²) < 4.78 is 5.39. The van der Waals surface area contributed by atoms with Crippen molar-refractivity contribution in [2.24, 2.45) is 0 Å². The molecule has 0 aliphatic carbocycles. The second-order valence-electron chi connectivity index (χ2n) is 4.51. The SMILES string of the molecule is COc1ccc(CNC(C)C)c2ccccc12. The number of nitrogens with one attached hydrogen (secondary N) is 1. The molecule has 2 rings (SSSR count). The Kier molecular flexibility index (Phi) is 3.64. The van der Waals surface area contributed by atoms with Crippen molar-refractivity contribution in [2.45, 2.75) is 26.4 Å². The van der Waals surface area contributed by atoms with E-state index < -0.39 is 0 Å². The molecule has 2 nitrogen and oxygen atoms in total. The Morgan fingerprint density at radius 1 is 1.06 bits per heavy atom. The van der Waals surface area contributed by atoms with Crippen molar-refractivity contribution >= 4 is 10.8 Å². The third kappa shape index (κ3) is 2.59. The second-order valence-corrected chi connectivity index (χ2v) is 4.51. The average molecular weight is 229 g/mol. The van der Waals surface area contributed by atoms with Gasteiger partial charge in [-0.15, -0.1) is 0 Å². The summed E-state index contributed by atoms with van der Waals surface area (Å²) in [6.45, 7) is 5.21. The molecule has 0 unspecified atom stereocenters. The van der Waals surface area contributed by atoms with E-state index in [0.717, 1.165) is 12.3 Å². The lowest BCUT2D eigenvalue weighted by molar-refractivity contribution is 0.419. The standard InChI is InChI=1S/C15H19NO/c1-11(2)16-10-12-8-9-15(17-3)14-7-5-4-6-13(12)14/h4-9,11,16H,10H2,1-3H3. The molecule has 2 aromatic rings. The van der Waals surface area contributed by atoms with Crippen LogP contribution in [0.15, 0.2) is 36.4 Å². The number of ether oxygens (including phenoxy) is 1. The molecule has 2 heteroatoms. The van der Waals surface area contributed by atoms with Crippen LogP contribution < -0.4 is 10.1 Å². The number of methoxy groups -OCH3 is 1. The first kappa shape index (κ1) is 11.9. The summed E-state index contributed by atoms with van der Waals surface area (Å²) in [6.07, 6.45) is 0. The van der Waals surface area contributed by atoms with Crippen LogP contribution in [0, 0.1) is 0 Å². The Labute approximate surface area is 103 Å². The maximum absolute atomic E-state index is 5.39. The highest BCUT2D eigenvalue weighted by Crippen LogP contribution is 2.28. The minimum Gasteiger partial charge on any atom is -0.496 e. The van der Waals surface area contributed by atoms with Crippen molar-refractivity contribution in [3.8, 4) is 5.75 Å². The molecule has 0 aromatic heterocycles. The summed E-state index contributed by atoms with van der Waals surface area (Å²) in [7, 11) is 1.72. The molecular formula is C15H19NO. The van der Waals surface area contributed by atoms with Crippen LogP contribution in [0.3, 0.4) is 0 Å². The summed E-state index contributed by atoms with van der Waals surface area (Å²) in [5, 5.41) is 5.89. The van der Waals surface area contributed by atoms with Crippen LogP contribution >= 0.6 is 0 Å². The lowest BCUT2D eigenvalue weighted by atomic mass is 10.0. The molecule has 0 saturated heterocycles. The molecule has 0 radical (unpaired) electrons. The molecule has 17 heavy (non-hydrogen) atoms. The summed E-state index contributed by atoms with van der Waals surface area (Å²) >= 11 is 0. The number of hydrogen-bond donors (Lipinski definition) is 1. The van der Waals surface area contributed by atoms with Crippen molar-refractivity contribution in [1.29, 1.82) is 0 Å². The Morgan fingerprint density at radius 3 is 2.41 bits per heavy atom. The van der Waals surface area contributed by atoms with Gasteiger partial charge in [0, 0.05) is 18.0 Å². The van der Waals surface area contributed by atoms with E-state index in [0.29, 0.717) is 6.04 Å². The maximum atomic E-state index is 5.39. The molecule has 0 aliphatic rings. The minimum atomic E-state index is 0.496. The summed E-state index contributed by atoms with van der Waals surface area (Å²) in [4.78, 5) is 0. The first-order valence-corrected chi connectivity index (χ1v) is 6.00. The average Bonchev–Trinajstić information content (AvgIpc) is 2.35. The molecule has 0 bridgehead atoms. The molecule has 0 atom stereocenters. The number of fused-ring (bicyclic) bond motifs is 1. The lowest BCUT2D eigenvalue weighted by Gasteiger charge is -2.12. The zero-order valence-electron chi connectivity index (χ0n) is 10.7. The monoisotopic (exact) mass is 229 g/mol. The van der Waals surface area contributed by atoms with Gasteiger partial charge < -0.3 is 10.1 Å². The molecule has 0 aliphatic heterocycles. The van der Waals surface area contributed by atoms with Gasteiger partial charge in [0.25, 0.3) is 0 Å². The van der Waals surface area contributed by atoms with Gasteiger partial charge in [-0.05, 0) is 17.0 Å². The Morgan fingerprint density at radius 2 is 1.76 bits per heavy atom. The fraction of sp³-hybridized carbons (Fsp3) is 0.333. The third-order valence-electron chi connectivity index (χ3n) is 2.90. The zero-order valence-corrected chi connectivity index (χ0v) is 10.7. The fourth-order valence-corrected chi connectivity index (χ4v) is 1.98. The van der Waals surface area contributed by atoms with E-state index in [1.165, 1.54) is 16.3 Å². The first-order chi connectivity index (χ1) is 8.22. The van der Waals surface area contributed by atoms with Gasteiger partial charge in [-0.3, -0.25) is 0 Å². The second kappa shape index (κ2) is 5.19. The molecule has 0 fully saturated rings. The van der Waals surface area contributed by atoms with Gasteiger partial charge in [0.2, 0.25) is 0 Å². The summed E-state index contributed by atoms with van der Waals surface area (Å²) in [5.74, 6) is 0.939. The molecular weight excluding hydrogens is 210 g/mol. The van der Waals surface area contributed by atoms with Crippen LogP contribution in [0.25, 0.3) is 10.8 Å². The molecule has 0 heterocycles. The van der Waals surface area contributed by atoms with E-state index in [4.69, 9.17) is 4.74 Å². The highest BCUT2D eigenvalue weighted by atomic mass is 16.5. The van der Waals surface area contributed by atoms with Crippen molar-refractivity contribution in [1.82, 2.24) is 5.32 Å². The predicted molar refractivity (Wildman–Crippen MR) is 72.5 cm³/mol. The lowest BCUT2D eigenvalue weighted by Crippen LogP contribution is -2.21. The van der Waals surface area contributed by atoms with Crippen LogP contribution in [0.1, 0.15) is 19.4 Å². The van der Waals surface area contributed by atoms with Gasteiger partial charge in [0.15, 0.2) is 0 Å². The third-order valence-corrected chi connectivity index (χ3v) is 2.90. The van der Waals surface area contributed by atoms with E-state index in [1.807, 2.05) is 12.1 Å². The fourth-order valence-electron chi connectivity index (χ4n) is 1.98. The van der Waals surface area contributed by atoms with Gasteiger partial charge in [0.1, 0.15) is 5.75 Å². The van der Waals surface area contributed by atoms with E-state index >= 15 is 0 Å². The van der Waals surface area contributed by atoms with Gasteiger partial charge in [-0.2, -0.15) is 0 Å². The van der Waals surface area contributed by atoms with Gasteiger partial charge >= 0.3 is 0 Å². The maximum Gasteiger partial charge on any atom is 0.126 e.